The SMILES string of the molecule is CCCN(CC)S(=O)(=O)c1cc(C#N)ccc1C. The highest BCUT2D eigenvalue weighted by atomic mass is 32.2. The van der Waals surface area contributed by atoms with Crippen molar-refractivity contribution < 1.29 is 8.42 Å². The molecule has 4 nitrogen and oxygen atoms in total. The van der Waals surface area contributed by atoms with E-state index in [0.717, 1.165) is 6.42 Å². The molecule has 1 rings (SSSR count). The second-order valence-electron chi connectivity index (χ2n) is 4.09. The summed E-state index contributed by atoms with van der Waals surface area (Å²) in [4.78, 5) is 0.233. The minimum Gasteiger partial charge on any atom is -0.207 e. The number of hydrogen-bond donors (Lipinski definition) is 0. The quantitative estimate of drug-likeness (QED) is 0.821. The maximum Gasteiger partial charge on any atom is 0.243 e. The Balaban J connectivity index is 3.31. The Morgan fingerprint density at radius 2 is 2.00 bits per heavy atom. The lowest BCUT2D eigenvalue weighted by Crippen LogP contribution is -2.32. The van der Waals surface area contributed by atoms with Gasteiger partial charge in [-0.25, -0.2) is 8.42 Å². The summed E-state index contributed by atoms with van der Waals surface area (Å²) < 4.78 is 26.4. The van der Waals surface area contributed by atoms with Crippen molar-refractivity contribution in [2.75, 3.05) is 13.1 Å². The van der Waals surface area contributed by atoms with Crippen molar-refractivity contribution in [2.45, 2.75) is 32.1 Å². The summed E-state index contributed by atoms with van der Waals surface area (Å²) in [6, 6.07) is 6.72. The number of nitriles is 1. The molecule has 0 saturated carbocycles. The zero-order chi connectivity index (χ0) is 13.8. The number of sulfonamides is 1. The van der Waals surface area contributed by atoms with E-state index in [0.29, 0.717) is 24.2 Å². The Hall–Kier alpha value is -1.38. The van der Waals surface area contributed by atoms with Gasteiger partial charge in [-0.05, 0) is 31.0 Å². The first-order valence-electron chi connectivity index (χ1n) is 5.98. The minimum atomic E-state index is -3.49. The molecule has 98 valence electrons. The van der Waals surface area contributed by atoms with Crippen molar-refractivity contribution in [3.63, 3.8) is 0 Å². The van der Waals surface area contributed by atoms with E-state index in [1.54, 1.807) is 19.1 Å². The third kappa shape index (κ3) is 2.89. The van der Waals surface area contributed by atoms with Gasteiger partial charge in [-0.1, -0.05) is 19.9 Å². The summed E-state index contributed by atoms with van der Waals surface area (Å²) in [6.07, 6.45) is 0.768. The summed E-state index contributed by atoms with van der Waals surface area (Å²) in [5.74, 6) is 0. The van der Waals surface area contributed by atoms with Crippen molar-refractivity contribution >= 4 is 10.0 Å². The molecule has 0 bridgehead atoms. The molecule has 0 unspecified atom stereocenters. The molecule has 0 N–H and O–H groups in total. The highest BCUT2D eigenvalue weighted by Gasteiger charge is 2.24. The largest absolute Gasteiger partial charge is 0.243 e. The number of hydrogen-bond acceptors (Lipinski definition) is 3. The van der Waals surface area contributed by atoms with Crippen LogP contribution in [0.25, 0.3) is 0 Å². The van der Waals surface area contributed by atoms with Gasteiger partial charge in [0.2, 0.25) is 10.0 Å². The molecular weight excluding hydrogens is 248 g/mol. The lowest BCUT2D eigenvalue weighted by atomic mass is 10.2. The Labute approximate surface area is 109 Å². The number of rotatable bonds is 5. The van der Waals surface area contributed by atoms with E-state index < -0.39 is 10.0 Å². The average Bonchev–Trinajstić information content (AvgIpc) is 2.36. The van der Waals surface area contributed by atoms with Crippen molar-refractivity contribution in [1.82, 2.24) is 4.31 Å². The first-order valence-corrected chi connectivity index (χ1v) is 7.42. The lowest BCUT2D eigenvalue weighted by molar-refractivity contribution is 0.427. The van der Waals surface area contributed by atoms with Crippen LogP contribution in [0.3, 0.4) is 0 Å². The van der Waals surface area contributed by atoms with Gasteiger partial charge in [-0.3, -0.25) is 0 Å². The number of nitrogens with zero attached hydrogens (tertiary/aromatic N) is 2. The normalized spacial score (nSPS) is 11.5. The molecule has 1 aromatic rings. The van der Waals surface area contributed by atoms with Gasteiger partial charge in [0.05, 0.1) is 16.5 Å². The van der Waals surface area contributed by atoms with E-state index in [1.807, 2.05) is 19.9 Å². The van der Waals surface area contributed by atoms with Gasteiger partial charge < -0.3 is 0 Å². The van der Waals surface area contributed by atoms with Crippen LogP contribution >= 0.6 is 0 Å². The molecule has 0 aliphatic heterocycles. The molecule has 0 atom stereocenters. The van der Waals surface area contributed by atoms with Crippen LogP contribution in [0.5, 0.6) is 0 Å². The van der Waals surface area contributed by atoms with Gasteiger partial charge in [0.15, 0.2) is 0 Å². The molecule has 0 fully saturated rings. The predicted octanol–water partition coefficient (Wildman–Crippen LogP) is 2.29. The topological polar surface area (TPSA) is 61.2 Å². The highest BCUT2D eigenvalue weighted by Crippen LogP contribution is 2.21. The molecule has 1 aromatic carbocycles. The second-order valence-corrected chi connectivity index (χ2v) is 6.00. The van der Waals surface area contributed by atoms with Crippen LogP contribution < -0.4 is 0 Å². The van der Waals surface area contributed by atoms with E-state index in [1.165, 1.54) is 10.4 Å². The third-order valence-corrected chi connectivity index (χ3v) is 4.88. The number of benzene rings is 1. The fourth-order valence-electron chi connectivity index (χ4n) is 1.78. The summed E-state index contributed by atoms with van der Waals surface area (Å²) in [5.41, 5.74) is 1.04. The van der Waals surface area contributed by atoms with Crippen LogP contribution in [0.4, 0.5) is 0 Å². The molecule has 0 heterocycles. The molecule has 0 saturated heterocycles. The van der Waals surface area contributed by atoms with Gasteiger partial charge in [0.1, 0.15) is 0 Å². The van der Waals surface area contributed by atoms with Gasteiger partial charge in [-0.2, -0.15) is 9.57 Å². The van der Waals surface area contributed by atoms with Crippen LogP contribution in [0, 0.1) is 18.3 Å². The standard InChI is InChI=1S/C13H18N2O2S/c1-4-8-15(5-2)18(16,17)13-9-12(10-14)7-6-11(13)3/h6-7,9H,4-5,8H2,1-3H3. The average molecular weight is 266 g/mol. The molecular formula is C13H18N2O2S. The Kier molecular flexibility index (Phi) is 4.88. The fourth-order valence-corrected chi connectivity index (χ4v) is 3.58. The van der Waals surface area contributed by atoms with Gasteiger partial charge >= 0.3 is 0 Å². The van der Waals surface area contributed by atoms with E-state index in [4.69, 9.17) is 5.26 Å². The van der Waals surface area contributed by atoms with Crippen LogP contribution in [-0.4, -0.2) is 25.8 Å². The van der Waals surface area contributed by atoms with Crippen molar-refractivity contribution in [3.05, 3.63) is 29.3 Å². The van der Waals surface area contributed by atoms with Crippen LogP contribution in [0.15, 0.2) is 23.1 Å². The maximum atomic E-state index is 12.5. The first-order chi connectivity index (χ1) is 8.47. The predicted molar refractivity (Wildman–Crippen MR) is 70.6 cm³/mol. The molecule has 5 heteroatoms. The third-order valence-electron chi connectivity index (χ3n) is 2.76. The van der Waals surface area contributed by atoms with E-state index in [9.17, 15) is 8.42 Å². The fraction of sp³-hybridized carbons (Fsp3) is 0.462. The molecule has 0 aliphatic rings. The first kappa shape index (κ1) is 14.7. The molecule has 0 amide bonds. The minimum absolute atomic E-state index is 0.233. The number of aryl methyl sites for hydroxylation is 1. The monoisotopic (exact) mass is 266 g/mol. The Bertz CT molecular complexity index is 559. The van der Waals surface area contributed by atoms with Crippen molar-refractivity contribution in [2.24, 2.45) is 0 Å². The van der Waals surface area contributed by atoms with E-state index in [-0.39, 0.29) is 4.90 Å². The second kappa shape index (κ2) is 5.98. The van der Waals surface area contributed by atoms with Gasteiger partial charge in [0.25, 0.3) is 0 Å². The zero-order valence-electron chi connectivity index (χ0n) is 11.0. The smallest absolute Gasteiger partial charge is 0.207 e. The summed E-state index contributed by atoms with van der Waals surface area (Å²) >= 11 is 0. The maximum absolute atomic E-state index is 12.5. The Morgan fingerprint density at radius 3 is 2.50 bits per heavy atom. The van der Waals surface area contributed by atoms with Crippen LogP contribution in [0.2, 0.25) is 0 Å². The summed E-state index contributed by atoms with van der Waals surface area (Å²) in [5, 5.41) is 8.86. The van der Waals surface area contributed by atoms with Crippen molar-refractivity contribution in [1.29, 1.82) is 5.26 Å². The lowest BCUT2D eigenvalue weighted by Gasteiger charge is -2.20. The van der Waals surface area contributed by atoms with Crippen LogP contribution in [-0.2, 0) is 10.0 Å². The van der Waals surface area contributed by atoms with E-state index in [2.05, 4.69) is 0 Å². The van der Waals surface area contributed by atoms with E-state index >= 15 is 0 Å². The molecule has 0 radical (unpaired) electrons. The summed E-state index contributed by atoms with van der Waals surface area (Å²) in [7, 11) is -3.49. The summed E-state index contributed by atoms with van der Waals surface area (Å²) in [6.45, 7) is 6.43. The van der Waals surface area contributed by atoms with Crippen LogP contribution in [0.1, 0.15) is 31.4 Å². The van der Waals surface area contributed by atoms with Crippen molar-refractivity contribution in [3.8, 4) is 6.07 Å². The zero-order valence-corrected chi connectivity index (χ0v) is 11.8. The molecule has 0 spiro atoms. The molecule has 0 aliphatic carbocycles. The highest BCUT2D eigenvalue weighted by molar-refractivity contribution is 7.89. The molecule has 18 heavy (non-hydrogen) atoms. The van der Waals surface area contributed by atoms with Gasteiger partial charge in [0, 0.05) is 13.1 Å². The Morgan fingerprint density at radius 1 is 1.33 bits per heavy atom. The molecule has 0 aromatic heterocycles. The van der Waals surface area contributed by atoms with Gasteiger partial charge in [-0.15, -0.1) is 0 Å².